The molecular formula is C63H98NO8P. The molecule has 0 radical (unpaired) electrons. The van der Waals surface area contributed by atoms with Crippen molar-refractivity contribution in [2.75, 3.05) is 26.4 Å². The maximum atomic E-state index is 12.7. The summed E-state index contributed by atoms with van der Waals surface area (Å²) in [7, 11) is -4.42. The molecule has 0 spiro atoms. The van der Waals surface area contributed by atoms with Gasteiger partial charge in [0, 0.05) is 19.4 Å². The fraction of sp³-hybridized carbons (Fsp3) is 0.524. The average Bonchev–Trinajstić information content (AvgIpc) is 3.38. The van der Waals surface area contributed by atoms with Gasteiger partial charge in [0.25, 0.3) is 0 Å². The summed E-state index contributed by atoms with van der Waals surface area (Å²) in [6.07, 6.45) is 84.1. The van der Waals surface area contributed by atoms with Crippen LogP contribution in [0.25, 0.3) is 0 Å². The lowest BCUT2D eigenvalue weighted by molar-refractivity contribution is -0.161. The number of hydrogen-bond donors (Lipinski definition) is 2. The topological polar surface area (TPSA) is 134 Å². The highest BCUT2D eigenvalue weighted by Crippen LogP contribution is 2.43. The predicted octanol–water partition coefficient (Wildman–Crippen LogP) is 17.5. The fourth-order valence-electron chi connectivity index (χ4n) is 6.62. The Balaban J connectivity index is 4.15. The summed E-state index contributed by atoms with van der Waals surface area (Å²) in [4.78, 5) is 35.1. The maximum Gasteiger partial charge on any atom is 0.472 e. The highest BCUT2D eigenvalue weighted by molar-refractivity contribution is 7.47. The largest absolute Gasteiger partial charge is 0.472 e. The summed E-state index contributed by atoms with van der Waals surface area (Å²) in [6, 6.07) is 0. The number of carbonyl (C=O) groups is 2. The van der Waals surface area contributed by atoms with Crippen molar-refractivity contribution in [1.29, 1.82) is 0 Å². The van der Waals surface area contributed by atoms with Gasteiger partial charge in [0.2, 0.25) is 0 Å². The van der Waals surface area contributed by atoms with E-state index in [2.05, 4.69) is 172 Å². The molecule has 9 nitrogen and oxygen atoms in total. The monoisotopic (exact) mass is 1030 g/mol. The average molecular weight is 1030 g/mol. The van der Waals surface area contributed by atoms with E-state index in [0.717, 1.165) is 116 Å². The first kappa shape index (κ1) is 68.4. The molecule has 0 rings (SSSR count). The molecule has 73 heavy (non-hydrogen) atoms. The van der Waals surface area contributed by atoms with Crippen LogP contribution in [-0.4, -0.2) is 49.3 Å². The quantitative estimate of drug-likeness (QED) is 0.0264. The van der Waals surface area contributed by atoms with Crippen molar-refractivity contribution in [3.8, 4) is 0 Å². The second-order valence-corrected chi connectivity index (χ2v) is 18.8. The van der Waals surface area contributed by atoms with Crippen LogP contribution in [-0.2, 0) is 32.7 Å². The van der Waals surface area contributed by atoms with E-state index in [4.69, 9.17) is 24.3 Å². The Morgan fingerprint density at radius 3 is 1.11 bits per heavy atom. The van der Waals surface area contributed by atoms with Crippen molar-refractivity contribution in [2.45, 2.75) is 187 Å². The van der Waals surface area contributed by atoms with Crippen molar-refractivity contribution < 1.29 is 37.6 Å². The lowest BCUT2D eigenvalue weighted by Gasteiger charge is -2.19. The molecule has 0 saturated carbocycles. The zero-order valence-corrected chi connectivity index (χ0v) is 46.2. The molecule has 0 saturated heterocycles. The van der Waals surface area contributed by atoms with E-state index < -0.39 is 32.5 Å². The minimum absolute atomic E-state index is 0.0323. The van der Waals surface area contributed by atoms with Gasteiger partial charge in [-0.05, 0) is 116 Å². The third kappa shape index (κ3) is 56.5. The summed E-state index contributed by atoms with van der Waals surface area (Å²) >= 11 is 0. The Morgan fingerprint density at radius 2 is 0.740 bits per heavy atom. The normalized spacial score (nSPS) is 14.4. The van der Waals surface area contributed by atoms with Gasteiger partial charge in [0.1, 0.15) is 6.61 Å². The second-order valence-electron chi connectivity index (χ2n) is 17.3. The lowest BCUT2D eigenvalue weighted by atomic mass is 10.1. The predicted molar refractivity (Wildman–Crippen MR) is 311 cm³/mol. The second kappa shape index (κ2) is 56.7. The molecule has 0 fully saturated rings. The molecule has 2 atom stereocenters. The number of esters is 2. The molecule has 0 aliphatic heterocycles. The summed E-state index contributed by atoms with van der Waals surface area (Å²) in [5, 5.41) is 0. The molecule has 0 aromatic heterocycles. The van der Waals surface area contributed by atoms with Crippen LogP contribution in [0.4, 0.5) is 0 Å². The van der Waals surface area contributed by atoms with Gasteiger partial charge in [0.05, 0.1) is 13.2 Å². The first-order valence-electron chi connectivity index (χ1n) is 27.6. The minimum atomic E-state index is -4.42. The lowest BCUT2D eigenvalue weighted by Crippen LogP contribution is -2.29. The SMILES string of the molecule is CC/C=C\C/C=C\C/C=C\C/C=C\C/C=C\C/C=C\C/C=C\C/C=C\CCCCCCCCCCC(=O)OC(COC(=O)CC/C=C\C/C=C\C/C=C\C/C=C\C/C=C\C/C=C\CC)COP(=O)(O)OCCN. The van der Waals surface area contributed by atoms with Gasteiger partial charge in [-0.3, -0.25) is 18.6 Å². The molecule has 0 aliphatic carbocycles. The van der Waals surface area contributed by atoms with Crippen molar-refractivity contribution in [1.82, 2.24) is 0 Å². The molecule has 408 valence electrons. The van der Waals surface area contributed by atoms with E-state index in [1.807, 2.05) is 12.2 Å². The Labute approximate surface area is 444 Å². The van der Waals surface area contributed by atoms with Gasteiger partial charge in [0.15, 0.2) is 6.10 Å². The molecule has 0 amide bonds. The molecule has 3 N–H and O–H groups in total. The summed E-state index contributed by atoms with van der Waals surface area (Å²) in [6.45, 7) is 3.38. The smallest absolute Gasteiger partial charge is 0.462 e. The van der Waals surface area contributed by atoms with Crippen LogP contribution in [0.15, 0.2) is 170 Å². The summed E-state index contributed by atoms with van der Waals surface area (Å²) in [5.74, 6) is -0.952. The van der Waals surface area contributed by atoms with E-state index in [1.165, 1.54) is 25.7 Å². The van der Waals surface area contributed by atoms with Crippen LogP contribution in [0.2, 0.25) is 0 Å². The Bertz CT molecular complexity index is 1790. The summed E-state index contributed by atoms with van der Waals surface area (Å²) in [5.41, 5.74) is 5.37. The van der Waals surface area contributed by atoms with Gasteiger partial charge in [-0.2, -0.15) is 0 Å². The number of unbranched alkanes of at least 4 members (excludes halogenated alkanes) is 8. The Hall–Kier alpha value is -4.63. The van der Waals surface area contributed by atoms with Crippen LogP contribution in [0.1, 0.15) is 181 Å². The van der Waals surface area contributed by atoms with E-state index in [-0.39, 0.29) is 32.6 Å². The van der Waals surface area contributed by atoms with Gasteiger partial charge >= 0.3 is 19.8 Å². The number of allylic oxidation sites excluding steroid dienone is 28. The minimum Gasteiger partial charge on any atom is -0.462 e. The van der Waals surface area contributed by atoms with Crippen LogP contribution < -0.4 is 5.73 Å². The number of phosphoric acid groups is 1. The standard InChI is InChI=1S/C63H98NO8P/c1-3-5-7-9-11-13-15-17-19-21-23-24-25-26-27-28-29-30-31-32-33-34-35-36-38-40-42-44-46-48-50-52-54-56-63(66)72-61(60-71-73(67,68)70-58-57-64)59-69-62(65)55-53-51-49-47-45-43-41-39-37-22-20-18-16-14-12-10-8-6-4-2/h5-8,11-14,17-20,23-24,26-27,29-30,32-33,35-37,39,43,45,49,51,61H,3-4,9-10,15-16,21-22,25,28,31,34,38,40-42,44,46-48,50,52-60,64H2,1-2H3,(H,67,68)/b7-5-,8-6-,13-11-,14-12-,19-17-,20-18-,24-23-,27-26-,30-29-,33-32-,36-35-,39-37-,45-43-,51-49-. The van der Waals surface area contributed by atoms with Gasteiger partial charge < -0.3 is 20.1 Å². The number of nitrogens with two attached hydrogens (primary N) is 1. The highest BCUT2D eigenvalue weighted by Gasteiger charge is 2.26. The molecule has 0 bridgehead atoms. The first-order valence-corrected chi connectivity index (χ1v) is 29.1. The van der Waals surface area contributed by atoms with E-state index in [0.29, 0.717) is 12.8 Å². The van der Waals surface area contributed by atoms with Crippen LogP contribution in [0.3, 0.4) is 0 Å². The molecule has 0 aromatic rings. The third-order valence-electron chi connectivity index (χ3n) is 10.6. The van der Waals surface area contributed by atoms with Crippen LogP contribution in [0, 0.1) is 0 Å². The Kier molecular flexibility index (Phi) is 53.1. The summed E-state index contributed by atoms with van der Waals surface area (Å²) < 4.78 is 32.9. The van der Waals surface area contributed by atoms with Crippen molar-refractivity contribution >= 4 is 19.8 Å². The molecule has 10 heteroatoms. The van der Waals surface area contributed by atoms with Crippen molar-refractivity contribution in [2.24, 2.45) is 5.73 Å². The molecular weight excluding hydrogens is 930 g/mol. The van der Waals surface area contributed by atoms with E-state index in [1.54, 1.807) is 0 Å². The van der Waals surface area contributed by atoms with Crippen LogP contribution in [0.5, 0.6) is 0 Å². The number of carbonyl (C=O) groups excluding carboxylic acids is 2. The first-order chi connectivity index (χ1) is 35.8. The van der Waals surface area contributed by atoms with E-state index in [9.17, 15) is 19.0 Å². The van der Waals surface area contributed by atoms with Crippen molar-refractivity contribution in [3.63, 3.8) is 0 Å². The maximum absolute atomic E-state index is 12.7. The van der Waals surface area contributed by atoms with Crippen LogP contribution >= 0.6 is 7.82 Å². The zero-order chi connectivity index (χ0) is 53.1. The van der Waals surface area contributed by atoms with Crippen molar-refractivity contribution in [3.05, 3.63) is 170 Å². The zero-order valence-electron chi connectivity index (χ0n) is 45.3. The number of rotatable bonds is 49. The number of phosphoric ester groups is 1. The molecule has 2 unspecified atom stereocenters. The van der Waals surface area contributed by atoms with Gasteiger partial charge in [-0.15, -0.1) is 0 Å². The fourth-order valence-corrected chi connectivity index (χ4v) is 7.38. The van der Waals surface area contributed by atoms with Gasteiger partial charge in [-0.25, -0.2) is 4.57 Å². The number of hydrogen-bond acceptors (Lipinski definition) is 8. The highest BCUT2D eigenvalue weighted by atomic mass is 31.2. The third-order valence-corrected chi connectivity index (χ3v) is 11.6. The molecule has 0 aromatic carbocycles. The van der Waals surface area contributed by atoms with Gasteiger partial charge in [-0.1, -0.05) is 223 Å². The number of ether oxygens (including phenoxy) is 2. The molecule has 0 heterocycles. The molecule has 0 aliphatic rings. The van der Waals surface area contributed by atoms with E-state index >= 15 is 0 Å². The Morgan fingerprint density at radius 1 is 0.411 bits per heavy atom.